The molecule has 0 N–H and O–H groups in total. The molecule has 5 heteroatoms. The zero-order valence-corrected chi connectivity index (χ0v) is 14.1. The molecule has 0 aromatic carbocycles. The van der Waals surface area contributed by atoms with Gasteiger partial charge in [-0.3, -0.25) is 4.90 Å². The van der Waals surface area contributed by atoms with E-state index in [0.717, 1.165) is 16.2 Å². The Kier molecular flexibility index (Phi) is 4.12. The molecule has 1 saturated carbocycles. The summed E-state index contributed by atoms with van der Waals surface area (Å²) >= 11 is 6.79. The fourth-order valence-corrected chi connectivity index (χ4v) is 3.50. The molecule has 0 spiro atoms. The number of hydrogen-bond acceptors (Lipinski definition) is 2. The normalized spacial score (nSPS) is 30.5. The van der Waals surface area contributed by atoms with Crippen molar-refractivity contribution >= 4 is 38.0 Å². The molecule has 0 aromatic heterocycles. The highest BCUT2D eigenvalue weighted by Crippen LogP contribution is 2.44. The molecule has 1 heterocycles. The Morgan fingerprint density at radius 2 is 2.00 bits per heavy atom. The van der Waals surface area contributed by atoms with E-state index >= 15 is 0 Å². The van der Waals surface area contributed by atoms with Crippen LogP contribution >= 0.6 is 31.9 Å². The van der Waals surface area contributed by atoms with E-state index in [-0.39, 0.29) is 12.1 Å². The van der Waals surface area contributed by atoms with Gasteiger partial charge in [-0.1, -0.05) is 0 Å². The van der Waals surface area contributed by atoms with E-state index in [1.807, 2.05) is 25.7 Å². The third-order valence-electron chi connectivity index (χ3n) is 3.54. The number of nitrogens with zero attached hydrogens (tertiary/aromatic N) is 1. The van der Waals surface area contributed by atoms with Gasteiger partial charge in [0.2, 0.25) is 0 Å². The van der Waals surface area contributed by atoms with E-state index in [1.54, 1.807) is 0 Å². The average molecular weight is 381 g/mol. The second-order valence-electron chi connectivity index (χ2n) is 6.06. The van der Waals surface area contributed by atoms with Gasteiger partial charge >= 0.3 is 6.09 Å². The highest BCUT2D eigenvalue weighted by atomic mass is 79.9. The molecule has 3 nitrogen and oxygen atoms in total. The zero-order chi connectivity index (χ0) is 13.5. The first-order valence-corrected chi connectivity index (χ1v) is 7.90. The third-order valence-corrected chi connectivity index (χ3v) is 4.07. The molecule has 2 rings (SSSR count). The van der Waals surface area contributed by atoms with Crippen molar-refractivity contribution < 1.29 is 9.53 Å². The number of halogens is 2. The number of ether oxygens (including phenoxy) is 1. The van der Waals surface area contributed by atoms with E-state index in [0.29, 0.717) is 12.0 Å². The molecule has 1 amide bonds. The van der Waals surface area contributed by atoms with Crippen molar-refractivity contribution in [1.82, 2.24) is 4.90 Å². The van der Waals surface area contributed by atoms with E-state index < -0.39 is 5.60 Å². The van der Waals surface area contributed by atoms with E-state index in [4.69, 9.17) is 4.74 Å². The van der Waals surface area contributed by atoms with Gasteiger partial charge in [-0.25, -0.2) is 4.79 Å². The van der Waals surface area contributed by atoms with Crippen molar-refractivity contribution in [1.29, 1.82) is 0 Å². The van der Waals surface area contributed by atoms with Crippen molar-refractivity contribution in [3.05, 3.63) is 9.47 Å². The third kappa shape index (κ3) is 3.10. The molecule has 1 saturated heterocycles. The first-order chi connectivity index (χ1) is 8.28. The summed E-state index contributed by atoms with van der Waals surface area (Å²) in [4.78, 5) is 14.2. The highest BCUT2D eigenvalue weighted by Gasteiger charge is 2.48. The molecule has 1 aliphatic carbocycles. The monoisotopic (exact) mass is 379 g/mol. The first-order valence-electron chi connectivity index (χ1n) is 6.32. The van der Waals surface area contributed by atoms with Crippen LogP contribution in [-0.4, -0.2) is 28.7 Å². The fourth-order valence-electron chi connectivity index (χ4n) is 2.96. The van der Waals surface area contributed by atoms with E-state index in [9.17, 15) is 4.79 Å². The van der Waals surface area contributed by atoms with Crippen molar-refractivity contribution in [2.24, 2.45) is 5.92 Å². The molecule has 102 valence electrons. The predicted octanol–water partition coefficient (Wildman–Crippen LogP) is 4.41. The van der Waals surface area contributed by atoms with E-state index in [1.165, 1.54) is 6.42 Å². The second kappa shape index (κ2) is 5.16. The molecule has 0 aromatic rings. The van der Waals surface area contributed by atoms with Crippen LogP contribution < -0.4 is 0 Å². The molecule has 18 heavy (non-hydrogen) atoms. The van der Waals surface area contributed by atoms with Gasteiger partial charge in [-0.2, -0.15) is 0 Å². The Labute approximate surface area is 125 Å². The SMILES string of the molecule is CC(C)(C)OC(=O)N1C(C=C(Br)Br)[C@H]2CC[C@@H]1C2. The summed E-state index contributed by atoms with van der Waals surface area (Å²) in [5, 5.41) is 0. The van der Waals surface area contributed by atoms with Crippen LogP contribution in [0.15, 0.2) is 9.47 Å². The summed E-state index contributed by atoms with van der Waals surface area (Å²) in [6, 6.07) is 0.512. The van der Waals surface area contributed by atoms with Crippen LogP contribution in [-0.2, 0) is 4.74 Å². The summed E-state index contributed by atoms with van der Waals surface area (Å²) in [5.74, 6) is 0.576. The Hall–Kier alpha value is -0.0300. The second-order valence-corrected chi connectivity index (χ2v) is 8.83. The largest absolute Gasteiger partial charge is 0.444 e. The van der Waals surface area contributed by atoms with Crippen LogP contribution in [0.25, 0.3) is 0 Å². The molecule has 2 bridgehead atoms. The molecule has 2 fully saturated rings. The lowest BCUT2D eigenvalue weighted by atomic mass is 9.99. The van der Waals surface area contributed by atoms with Gasteiger partial charge in [-0.05, 0) is 83.9 Å². The number of hydrogen-bond donors (Lipinski definition) is 0. The number of carbonyl (C=O) groups excluding carboxylic acids is 1. The Morgan fingerprint density at radius 3 is 2.56 bits per heavy atom. The maximum absolute atomic E-state index is 12.3. The molecule has 1 aliphatic heterocycles. The lowest BCUT2D eigenvalue weighted by Gasteiger charge is -2.35. The maximum atomic E-state index is 12.3. The predicted molar refractivity (Wildman–Crippen MR) is 78.9 cm³/mol. The molecule has 0 radical (unpaired) electrons. The van der Waals surface area contributed by atoms with Gasteiger partial charge in [-0.15, -0.1) is 0 Å². The number of fused-ring (bicyclic) bond motifs is 2. The minimum atomic E-state index is -0.432. The molecule has 1 unspecified atom stereocenters. The van der Waals surface area contributed by atoms with Crippen molar-refractivity contribution in [3.63, 3.8) is 0 Å². The lowest BCUT2D eigenvalue weighted by Crippen LogP contribution is -2.46. The summed E-state index contributed by atoms with van der Waals surface area (Å²) < 4.78 is 6.42. The number of likely N-dealkylation sites (tertiary alicyclic amines) is 1. The Bertz CT molecular complexity index is 372. The fraction of sp³-hybridized carbons (Fsp3) is 0.769. The first kappa shape index (κ1) is 14.4. The minimum Gasteiger partial charge on any atom is -0.444 e. The maximum Gasteiger partial charge on any atom is 0.411 e. The van der Waals surface area contributed by atoms with E-state index in [2.05, 4.69) is 37.9 Å². The molecular weight excluding hydrogens is 362 g/mol. The molecular formula is C13H19Br2NO2. The number of rotatable bonds is 1. The van der Waals surface area contributed by atoms with Crippen molar-refractivity contribution in [2.75, 3.05) is 0 Å². The van der Waals surface area contributed by atoms with Gasteiger partial charge < -0.3 is 4.74 Å². The van der Waals surface area contributed by atoms with Gasteiger partial charge in [0, 0.05) is 6.04 Å². The van der Waals surface area contributed by atoms with Crippen LogP contribution in [0.4, 0.5) is 4.79 Å². The zero-order valence-electron chi connectivity index (χ0n) is 11.0. The minimum absolute atomic E-state index is 0.160. The average Bonchev–Trinajstić information content (AvgIpc) is 2.73. The summed E-state index contributed by atoms with van der Waals surface area (Å²) in [6.07, 6.45) is 5.30. The topological polar surface area (TPSA) is 29.5 Å². The lowest BCUT2D eigenvalue weighted by molar-refractivity contribution is 0.0126. The van der Waals surface area contributed by atoms with Crippen LogP contribution in [0.3, 0.4) is 0 Å². The molecule has 3 atom stereocenters. The highest BCUT2D eigenvalue weighted by molar-refractivity contribution is 9.28. The molecule has 2 aliphatic rings. The van der Waals surface area contributed by atoms with Gasteiger partial charge in [0.25, 0.3) is 0 Å². The Balaban J connectivity index is 2.14. The van der Waals surface area contributed by atoms with Gasteiger partial charge in [0.1, 0.15) is 5.60 Å². The van der Waals surface area contributed by atoms with Crippen LogP contribution in [0.2, 0.25) is 0 Å². The van der Waals surface area contributed by atoms with Crippen molar-refractivity contribution in [3.8, 4) is 0 Å². The van der Waals surface area contributed by atoms with Gasteiger partial charge in [0.15, 0.2) is 0 Å². The summed E-state index contributed by atoms with van der Waals surface area (Å²) in [5.41, 5.74) is -0.432. The van der Waals surface area contributed by atoms with Crippen LogP contribution in [0.5, 0.6) is 0 Å². The number of amides is 1. The van der Waals surface area contributed by atoms with Crippen LogP contribution in [0, 0.1) is 5.92 Å². The number of carbonyl (C=O) groups is 1. The summed E-state index contributed by atoms with van der Waals surface area (Å²) in [6.45, 7) is 5.72. The smallest absolute Gasteiger partial charge is 0.411 e. The Morgan fingerprint density at radius 1 is 1.33 bits per heavy atom. The van der Waals surface area contributed by atoms with Gasteiger partial charge in [0.05, 0.1) is 9.43 Å². The van der Waals surface area contributed by atoms with Crippen molar-refractivity contribution in [2.45, 2.75) is 57.7 Å². The van der Waals surface area contributed by atoms with Crippen LogP contribution in [0.1, 0.15) is 40.0 Å². The summed E-state index contributed by atoms with van der Waals surface area (Å²) in [7, 11) is 0. The quantitative estimate of drug-likeness (QED) is 0.674. The standard InChI is InChI=1S/C13H19Br2NO2/c1-13(2,3)18-12(17)16-9-5-4-8(6-9)10(16)7-11(14)15/h7-10H,4-6H2,1-3H3/t8-,9+,10?/m0/s1. The number of piperidine rings is 1.